The normalized spacial score (nSPS) is 20.4. The summed E-state index contributed by atoms with van der Waals surface area (Å²) < 4.78 is 0. The fraction of sp³-hybridized carbons (Fsp3) is 0.867. The fourth-order valence-corrected chi connectivity index (χ4v) is 3.83. The van der Waals surface area contributed by atoms with E-state index in [0.717, 1.165) is 31.7 Å². The fourth-order valence-electron chi connectivity index (χ4n) is 2.65. The first kappa shape index (κ1) is 18.1. The van der Waals surface area contributed by atoms with Gasteiger partial charge in [-0.2, -0.15) is 11.8 Å². The highest BCUT2D eigenvalue weighted by atomic mass is 32.2. The number of nitrogens with zero attached hydrogens (tertiary/aromatic N) is 1. The summed E-state index contributed by atoms with van der Waals surface area (Å²) in [6, 6.07) is -0.0482. The zero-order chi connectivity index (χ0) is 15.8. The third kappa shape index (κ3) is 7.07. The highest BCUT2D eigenvalue weighted by Gasteiger charge is 2.24. The van der Waals surface area contributed by atoms with Gasteiger partial charge in [-0.25, -0.2) is 4.79 Å². The van der Waals surface area contributed by atoms with E-state index in [0.29, 0.717) is 17.7 Å². The lowest BCUT2D eigenvalue weighted by molar-refractivity contribution is -0.138. The third-order valence-electron chi connectivity index (χ3n) is 3.69. The van der Waals surface area contributed by atoms with Gasteiger partial charge in [0, 0.05) is 37.1 Å². The molecule has 2 unspecified atom stereocenters. The van der Waals surface area contributed by atoms with E-state index in [1.165, 1.54) is 0 Å². The average molecular weight is 316 g/mol. The molecule has 0 radical (unpaired) electrons. The second-order valence-corrected chi connectivity index (χ2v) is 7.53. The Labute approximate surface area is 131 Å². The molecule has 0 bridgehead atoms. The Kier molecular flexibility index (Phi) is 7.93. The van der Waals surface area contributed by atoms with E-state index in [2.05, 4.69) is 26.1 Å². The summed E-state index contributed by atoms with van der Waals surface area (Å²) in [5.74, 6) is 0.626. The predicted molar refractivity (Wildman–Crippen MR) is 86.7 cm³/mol. The van der Waals surface area contributed by atoms with Gasteiger partial charge in [-0.1, -0.05) is 20.8 Å². The number of urea groups is 1. The first-order chi connectivity index (χ1) is 9.92. The van der Waals surface area contributed by atoms with Gasteiger partial charge < -0.3 is 15.3 Å². The van der Waals surface area contributed by atoms with Gasteiger partial charge in [-0.3, -0.25) is 4.79 Å². The Hall–Kier alpha value is -0.910. The minimum Gasteiger partial charge on any atom is -0.481 e. The van der Waals surface area contributed by atoms with E-state index in [9.17, 15) is 9.59 Å². The third-order valence-corrected chi connectivity index (χ3v) is 5.06. The molecule has 21 heavy (non-hydrogen) atoms. The van der Waals surface area contributed by atoms with Crippen molar-refractivity contribution >= 4 is 23.8 Å². The number of aliphatic carboxylic acids is 1. The summed E-state index contributed by atoms with van der Waals surface area (Å²) in [5.41, 5.74) is 0. The van der Waals surface area contributed by atoms with Crippen LogP contribution in [0.3, 0.4) is 0 Å². The molecule has 1 rings (SSSR count). The number of thioether (sulfide) groups is 1. The minimum atomic E-state index is -0.796. The van der Waals surface area contributed by atoms with E-state index in [-0.39, 0.29) is 18.4 Å². The minimum absolute atomic E-state index is 0.00703. The van der Waals surface area contributed by atoms with Crippen molar-refractivity contribution in [3.8, 4) is 0 Å². The number of carbonyl (C=O) groups excluding carboxylic acids is 1. The molecule has 2 N–H and O–H groups in total. The highest BCUT2D eigenvalue weighted by molar-refractivity contribution is 8.00. The lowest BCUT2D eigenvalue weighted by Crippen LogP contribution is -2.48. The Morgan fingerprint density at radius 1 is 1.43 bits per heavy atom. The maximum absolute atomic E-state index is 12.2. The van der Waals surface area contributed by atoms with Gasteiger partial charge in [0.25, 0.3) is 0 Å². The maximum atomic E-state index is 12.2. The molecule has 1 aliphatic heterocycles. The molecule has 0 saturated carbocycles. The van der Waals surface area contributed by atoms with E-state index < -0.39 is 5.97 Å². The van der Waals surface area contributed by atoms with Crippen molar-refractivity contribution in [2.45, 2.75) is 45.3 Å². The lowest BCUT2D eigenvalue weighted by Gasteiger charge is -2.32. The first-order valence-corrected chi connectivity index (χ1v) is 8.83. The first-order valence-electron chi connectivity index (χ1n) is 7.78. The predicted octanol–water partition coefficient (Wildman–Crippen LogP) is 2.66. The van der Waals surface area contributed by atoms with Crippen LogP contribution in [0.2, 0.25) is 0 Å². The van der Waals surface area contributed by atoms with Gasteiger partial charge in [-0.15, -0.1) is 0 Å². The van der Waals surface area contributed by atoms with Crippen LogP contribution in [0.4, 0.5) is 4.79 Å². The van der Waals surface area contributed by atoms with Gasteiger partial charge in [-0.05, 0) is 24.7 Å². The molecule has 0 aromatic rings. The molecule has 0 aromatic carbocycles. The Balaban J connectivity index is 2.42. The molecule has 1 heterocycles. The van der Waals surface area contributed by atoms with E-state index in [1.54, 1.807) is 0 Å². The topological polar surface area (TPSA) is 69.6 Å². The molecule has 2 atom stereocenters. The Bertz CT molecular complexity index is 350. The van der Waals surface area contributed by atoms with Crippen molar-refractivity contribution < 1.29 is 14.7 Å². The van der Waals surface area contributed by atoms with Gasteiger partial charge in [0.1, 0.15) is 0 Å². The second kappa shape index (κ2) is 9.18. The summed E-state index contributed by atoms with van der Waals surface area (Å²) in [7, 11) is 0. The van der Waals surface area contributed by atoms with Crippen molar-refractivity contribution in [2.75, 3.05) is 25.4 Å². The number of carboxylic acids is 1. The van der Waals surface area contributed by atoms with E-state index >= 15 is 0 Å². The summed E-state index contributed by atoms with van der Waals surface area (Å²) in [6.07, 6.45) is 2.01. The van der Waals surface area contributed by atoms with Crippen LogP contribution >= 0.6 is 11.8 Å². The molecule has 1 aliphatic rings. The highest BCUT2D eigenvalue weighted by Crippen LogP contribution is 2.21. The van der Waals surface area contributed by atoms with Crippen LogP contribution < -0.4 is 5.32 Å². The maximum Gasteiger partial charge on any atom is 0.317 e. The molecule has 0 aromatic heterocycles. The molecule has 0 aliphatic carbocycles. The zero-order valence-electron chi connectivity index (χ0n) is 13.3. The molecule has 122 valence electrons. The Morgan fingerprint density at radius 2 is 2.14 bits per heavy atom. The SMILES string of the molecule is CCC1CN(C(=O)NCC(CC(=O)O)CC(C)C)CCS1. The van der Waals surface area contributed by atoms with Gasteiger partial charge in [0.2, 0.25) is 0 Å². The number of hydrogen-bond acceptors (Lipinski definition) is 3. The van der Waals surface area contributed by atoms with Crippen molar-refractivity contribution in [1.29, 1.82) is 0 Å². The number of rotatable bonds is 7. The van der Waals surface area contributed by atoms with Crippen LogP contribution in [-0.2, 0) is 4.79 Å². The molecule has 2 amide bonds. The molecule has 5 nitrogen and oxygen atoms in total. The van der Waals surface area contributed by atoms with Crippen molar-refractivity contribution in [2.24, 2.45) is 11.8 Å². The van der Waals surface area contributed by atoms with Crippen molar-refractivity contribution in [3.05, 3.63) is 0 Å². The van der Waals surface area contributed by atoms with Crippen LogP contribution in [0.15, 0.2) is 0 Å². The van der Waals surface area contributed by atoms with Crippen LogP contribution in [0.1, 0.15) is 40.0 Å². The monoisotopic (exact) mass is 316 g/mol. The quantitative estimate of drug-likeness (QED) is 0.757. The molecular weight excluding hydrogens is 288 g/mol. The lowest BCUT2D eigenvalue weighted by atomic mass is 9.94. The number of amides is 2. The number of nitrogens with one attached hydrogen (secondary N) is 1. The molecular formula is C15H28N2O3S. The second-order valence-electron chi connectivity index (χ2n) is 6.13. The molecule has 6 heteroatoms. The molecule has 1 saturated heterocycles. The van der Waals surface area contributed by atoms with Crippen LogP contribution in [0, 0.1) is 11.8 Å². The summed E-state index contributed by atoms with van der Waals surface area (Å²) in [4.78, 5) is 24.9. The van der Waals surface area contributed by atoms with E-state index in [4.69, 9.17) is 5.11 Å². The summed E-state index contributed by atoms with van der Waals surface area (Å²) in [5, 5.41) is 12.4. The van der Waals surface area contributed by atoms with Crippen molar-refractivity contribution in [3.63, 3.8) is 0 Å². The largest absolute Gasteiger partial charge is 0.481 e. The van der Waals surface area contributed by atoms with Gasteiger partial charge >= 0.3 is 12.0 Å². The standard InChI is InChI=1S/C15H28N2O3S/c1-4-13-10-17(5-6-21-13)15(20)16-9-12(7-11(2)3)8-14(18)19/h11-13H,4-10H2,1-3H3,(H,16,20)(H,18,19). The number of hydrogen-bond donors (Lipinski definition) is 2. The average Bonchev–Trinajstić information content (AvgIpc) is 2.43. The van der Waals surface area contributed by atoms with Crippen LogP contribution in [-0.4, -0.2) is 52.6 Å². The smallest absolute Gasteiger partial charge is 0.317 e. The number of carboxylic acid groups (broad SMARTS) is 1. The molecule has 1 fully saturated rings. The van der Waals surface area contributed by atoms with Crippen LogP contribution in [0.25, 0.3) is 0 Å². The van der Waals surface area contributed by atoms with Gasteiger partial charge in [0.05, 0.1) is 0 Å². The summed E-state index contributed by atoms with van der Waals surface area (Å²) in [6.45, 7) is 8.31. The number of carbonyl (C=O) groups is 2. The van der Waals surface area contributed by atoms with Crippen molar-refractivity contribution in [1.82, 2.24) is 10.2 Å². The van der Waals surface area contributed by atoms with E-state index in [1.807, 2.05) is 16.7 Å². The van der Waals surface area contributed by atoms with Gasteiger partial charge in [0.15, 0.2) is 0 Å². The molecule has 0 spiro atoms. The summed E-state index contributed by atoms with van der Waals surface area (Å²) >= 11 is 1.93. The van der Waals surface area contributed by atoms with Crippen LogP contribution in [0.5, 0.6) is 0 Å². The zero-order valence-corrected chi connectivity index (χ0v) is 14.1. The Morgan fingerprint density at radius 3 is 2.71 bits per heavy atom.